The highest BCUT2D eigenvalue weighted by Gasteiger charge is 2.22. The van der Waals surface area contributed by atoms with E-state index < -0.39 is 0 Å². The Labute approximate surface area is 62.2 Å². The van der Waals surface area contributed by atoms with E-state index in [1.807, 2.05) is 0 Å². The Hall–Kier alpha value is -0.0900. The van der Waals surface area contributed by atoms with E-state index in [1.54, 1.807) is 0 Å². The summed E-state index contributed by atoms with van der Waals surface area (Å²) >= 11 is 2.64. The monoisotopic (exact) mass is 193 g/mol. The van der Waals surface area contributed by atoms with E-state index in [2.05, 4.69) is 25.4 Å². The molecule has 1 rings (SSSR count). The molecular formula is C5H8BrNO2. The van der Waals surface area contributed by atoms with Crippen LogP contribution in [0.3, 0.4) is 0 Å². The van der Waals surface area contributed by atoms with Crippen LogP contribution in [0.5, 0.6) is 0 Å². The van der Waals surface area contributed by atoms with E-state index in [4.69, 9.17) is 0 Å². The number of rotatable bonds is 1. The first-order valence-electron chi connectivity index (χ1n) is 2.90. The molecule has 1 saturated heterocycles. The number of hydrogen-bond acceptors (Lipinski definition) is 3. The second-order valence-electron chi connectivity index (χ2n) is 2.05. The van der Waals surface area contributed by atoms with Crippen molar-refractivity contribution in [1.29, 1.82) is 0 Å². The first kappa shape index (κ1) is 7.02. The third-order valence-corrected chi connectivity index (χ3v) is 1.74. The summed E-state index contributed by atoms with van der Waals surface area (Å²) in [5.41, 5.74) is 0. The average molecular weight is 194 g/mol. The van der Waals surface area contributed by atoms with Gasteiger partial charge in [0.15, 0.2) is 16.3 Å². The van der Waals surface area contributed by atoms with Crippen LogP contribution in [0.1, 0.15) is 12.8 Å². The van der Waals surface area contributed by atoms with Gasteiger partial charge in [-0.05, 0) is 19.4 Å². The summed E-state index contributed by atoms with van der Waals surface area (Å²) in [4.78, 5) is 10.7. The Bertz CT molecular complexity index is 112. The van der Waals surface area contributed by atoms with Gasteiger partial charge >= 0.3 is 5.97 Å². The maximum absolute atomic E-state index is 10.7. The molecule has 1 N–H and O–H groups in total. The minimum atomic E-state index is -0.215. The molecule has 0 spiro atoms. The molecule has 0 bridgehead atoms. The normalized spacial score (nSPS) is 26.1. The number of nitrogens with one attached hydrogen (secondary N) is 1. The molecule has 1 fully saturated rings. The van der Waals surface area contributed by atoms with Crippen molar-refractivity contribution >= 4 is 22.2 Å². The second-order valence-corrected chi connectivity index (χ2v) is 2.37. The summed E-state index contributed by atoms with van der Waals surface area (Å²) in [5, 5.41) is 3.00. The zero-order chi connectivity index (χ0) is 6.69. The van der Waals surface area contributed by atoms with Gasteiger partial charge in [0, 0.05) is 0 Å². The lowest BCUT2D eigenvalue weighted by molar-refractivity contribution is -0.134. The third kappa shape index (κ3) is 1.66. The van der Waals surface area contributed by atoms with Crippen molar-refractivity contribution in [3.05, 3.63) is 0 Å². The smallest absolute Gasteiger partial charge is 0.334 e. The van der Waals surface area contributed by atoms with Gasteiger partial charge in [0.1, 0.15) is 6.04 Å². The largest absolute Gasteiger partial charge is 0.382 e. The Morgan fingerprint density at radius 1 is 1.78 bits per heavy atom. The molecule has 52 valence electrons. The molecule has 1 atom stereocenters. The molecule has 1 heterocycles. The predicted molar refractivity (Wildman–Crippen MR) is 36.0 cm³/mol. The SMILES string of the molecule is O=C(OBr)C1CCCN1. The standard InChI is InChI=1S/C5H8BrNO2/c6-9-5(8)4-2-1-3-7-4/h4,7H,1-3H2. The lowest BCUT2D eigenvalue weighted by Crippen LogP contribution is -2.30. The lowest BCUT2D eigenvalue weighted by atomic mass is 10.2. The van der Waals surface area contributed by atoms with Crippen molar-refractivity contribution in [1.82, 2.24) is 5.32 Å². The lowest BCUT2D eigenvalue weighted by Gasteiger charge is -2.03. The molecular weight excluding hydrogens is 186 g/mol. The summed E-state index contributed by atoms with van der Waals surface area (Å²) in [5.74, 6) is -0.215. The zero-order valence-corrected chi connectivity index (χ0v) is 6.48. The van der Waals surface area contributed by atoms with Crippen molar-refractivity contribution in [2.75, 3.05) is 6.54 Å². The Morgan fingerprint density at radius 3 is 3.00 bits per heavy atom. The highest BCUT2D eigenvalue weighted by Crippen LogP contribution is 2.07. The molecule has 0 aromatic carbocycles. The summed E-state index contributed by atoms with van der Waals surface area (Å²) in [6.07, 6.45) is 1.96. The average Bonchev–Trinajstić information content (AvgIpc) is 2.37. The Balaban J connectivity index is 2.32. The topological polar surface area (TPSA) is 38.3 Å². The second kappa shape index (κ2) is 3.17. The van der Waals surface area contributed by atoms with E-state index in [0.717, 1.165) is 19.4 Å². The van der Waals surface area contributed by atoms with Crippen molar-refractivity contribution in [3.63, 3.8) is 0 Å². The Morgan fingerprint density at radius 2 is 2.56 bits per heavy atom. The van der Waals surface area contributed by atoms with Gasteiger partial charge in [-0.3, -0.25) is 0 Å². The van der Waals surface area contributed by atoms with Crippen LogP contribution in [0.15, 0.2) is 0 Å². The van der Waals surface area contributed by atoms with Crippen LogP contribution in [-0.2, 0) is 8.62 Å². The van der Waals surface area contributed by atoms with Crippen LogP contribution in [0.2, 0.25) is 0 Å². The summed E-state index contributed by atoms with van der Waals surface area (Å²) in [6, 6.07) is -0.0793. The van der Waals surface area contributed by atoms with Gasteiger partial charge in [-0.15, -0.1) is 0 Å². The van der Waals surface area contributed by atoms with Crippen LogP contribution in [0.4, 0.5) is 0 Å². The number of hydrogen-bond donors (Lipinski definition) is 1. The van der Waals surface area contributed by atoms with Crippen molar-refractivity contribution in [2.24, 2.45) is 0 Å². The maximum Gasteiger partial charge on any atom is 0.334 e. The van der Waals surface area contributed by atoms with Gasteiger partial charge in [0.2, 0.25) is 0 Å². The fourth-order valence-electron chi connectivity index (χ4n) is 0.939. The van der Waals surface area contributed by atoms with Gasteiger partial charge in [0.25, 0.3) is 0 Å². The fourth-order valence-corrected chi connectivity index (χ4v) is 1.17. The summed E-state index contributed by atoms with van der Waals surface area (Å²) in [6.45, 7) is 0.923. The highest BCUT2D eigenvalue weighted by atomic mass is 79.9. The maximum atomic E-state index is 10.7. The van der Waals surface area contributed by atoms with Crippen molar-refractivity contribution in [3.8, 4) is 0 Å². The molecule has 0 radical (unpaired) electrons. The number of carbonyl (C=O) groups excluding carboxylic acids is 1. The molecule has 0 aromatic rings. The Kier molecular flexibility index (Phi) is 2.48. The molecule has 0 saturated carbocycles. The first-order chi connectivity index (χ1) is 4.34. The molecule has 3 nitrogen and oxygen atoms in total. The van der Waals surface area contributed by atoms with Crippen LogP contribution in [0.25, 0.3) is 0 Å². The minimum Gasteiger partial charge on any atom is -0.382 e. The van der Waals surface area contributed by atoms with Crippen LogP contribution >= 0.6 is 16.3 Å². The van der Waals surface area contributed by atoms with E-state index in [-0.39, 0.29) is 12.0 Å². The van der Waals surface area contributed by atoms with Gasteiger partial charge in [-0.2, -0.15) is 0 Å². The number of carbonyl (C=O) groups is 1. The fraction of sp³-hybridized carbons (Fsp3) is 0.800. The van der Waals surface area contributed by atoms with E-state index in [1.165, 1.54) is 0 Å². The molecule has 4 heteroatoms. The first-order valence-corrected chi connectivity index (χ1v) is 3.55. The molecule has 0 aromatic heterocycles. The molecule has 1 unspecified atom stereocenters. The van der Waals surface area contributed by atoms with Gasteiger partial charge < -0.3 is 9.15 Å². The summed E-state index contributed by atoms with van der Waals surface area (Å²) < 4.78 is 4.35. The molecule has 9 heavy (non-hydrogen) atoms. The molecule has 0 amide bonds. The quantitative estimate of drug-likeness (QED) is 0.663. The molecule has 1 aliphatic heterocycles. The van der Waals surface area contributed by atoms with E-state index in [9.17, 15) is 4.79 Å². The van der Waals surface area contributed by atoms with Gasteiger partial charge in [-0.25, -0.2) is 4.79 Å². The predicted octanol–water partition coefficient (Wildman–Crippen LogP) is 0.591. The minimum absolute atomic E-state index is 0.0793. The van der Waals surface area contributed by atoms with Crippen molar-refractivity contribution in [2.45, 2.75) is 18.9 Å². The van der Waals surface area contributed by atoms with Crippen LogP contribution in [-0.4, -0.2) is 18.6 Å². The molecule has 1 aliphatic rings. The molecule has 0 aliphatic carbocycles. The van der Waals surface area contributed by atoms with Gasteiger partial charge in [-0.1, -0.05) is 0 Å². The van der Waals surface area contributed by atoms with E-state index >= 15 is 0 Å². The zero-order valence-electron chi connectivity index (χ0n) is 4.89. The summed E-state index contributed by atoms with van der Waals surface area (Å²) in [7, 11) is 0. The van der Waals surface area contributed by atoms with Crippen molar-refractivity contribution < 1.29 is 8.62 Å². The highest BCUT2D eigenvalue weighted by molar-refractivity contribution is 9.06. The number of halogens is 1. The van der Waals surface area contributed by atoms with Crippen LogP contribution in [0, 0.1) is 0 Å². The van der Waals surface area contributed by atoms with E-state index in [0.29, 0.717) is 0 Å². The van der Waals surface area contributed by atoms with Crippen LogP contribution < -0.4 is 5.32 Å². The third-order valence-electron chi connectivity index (χ3n) is 1.42. The van der Waals surface area contributed by atoms with Gasteiger partial charge in [0.05, 0.1) is 0 Å².